The molecule has 0 fully saturated rings. The summed E-state index contributed by atoms with van der Waals surface area (Å²) in [5.41, 5.74) is 2.02. The molecule has 0 aliphatic carbocycles. The zero-order valence-corrected chi connectivity index (χ0v) is 19.2. The van der Waals surface area contributed by atoms with Crippen LogP contribution in [-0.4, -0.2) is 53.8 Å². The van der Waals surface area contributed by atoms with Gasteiger partial charge in [-0.2, -0.15) is 0 Å². The van der Waals surface area contributed by atoms with Gasteiger partial charge >= 0.3 is 0 Å². The van der Waals surface area contributed by atoms with Crippen molar-refractivity contribution in [2.75, 3.05) is 42.1 Å². The van der Waals surface area contributed by atoms with Crippen LogP contribution in [0.1, 0.15) is 28.4 Å². The number of ether oxygens (including phenoxy) is 5. The number of carbonyl (C=O) groups is 2. The molecule has 8 nitrogen and oxygen atoms in total. The molecule has 1 amide bonds. The summed E-state index contributed by atoms with van der Waals surface area (Å²) in [4.78, 5) is 24.3. The Morgan fingerprint density at radius 1 is 0.812 bits per heavy atom. The highest BCUT2D eigenvalue weighted by Gasteiger charge is 2.15. The quantitative estimate of drug-likeness (QED) is 0.421. The van der Waals surface area contributed by atoms with Crippen molar-refractivity contribution in [2.45, 2.75) is 13.3 Å². The summed E-state index contributed by atoms with van der Waals surface area (Å²) in [5, 5.41) is 2.82. The molecule has 32 heavy (non-hydrogen) atoms. The van der Waals surface area contributed by atoms with Crippen LogP contribution in [0.2, 0.25) is 0 Å². The van der Waals surface area contributed by atoms with E-state index in [1.807, 2.05) is 0 Å². The van der Waals surface area contributed by atoms with Gasteiger partial charge in [0, 0.05) is 18.2 Å². The fourth-order valence-corrected chi connectivity index (χ4v) is 3.20. The third-order valence-electron chi connectivity index (χ3n) is 4.80. The Hall–Kier alpha value is -3.68. The van der Waals surface area contributed by atoms with Crippen molar-refractivity contribution < 1.29 is 33.3 Å². The normalized spacial score (nSPS) is 10.6. The number of Topliss-reactive ketones (excluding diaryl/α,β-unsaturated/α-hetero) is 1. The third-order valence-corrected chi connectivity index (χ3v) is 4.80. The monoisotopic (exact) mass is 443 g/mol. The van der Waals surface area contributed by atoms with Gasteiger partial charge in [0.1, 0.15) is 0 Å². The van der Waals surface area contributed by atoms with Crippen LogP contribution in [0, 0.1) is 0 Å². The van der Waals surface area contributed by atoms with Crippen LogP contribution in [0.4, 0.5) is 0 Å². The first-order valence-corrected chi connectivity index (χ1v) is 9.90. The Morgan fingerprint density at radius 2 is 1.38 bits per heavy atom. The largest absolute Gasteiger partial charge is 0.493 e. The Balaban J connectivity index is 2.08. The maximum atomic E-state index is 12.3. The highest BCUT2D eigenvalue weighted by atomic mass is 16.5. The SMILES string of the molecule is COc1cc(CCNC(=O)/C=C/c2cc(OC)c(OC)c(OC)c2)c(C(C)=O)cc1OC. The van der Waals surface area contributed by atoms with Crippen molar-refractivity contribution in [1.29, 1.82) is 0 Å². The highest BCUT2D eigenvalue weighted by molar-refractivity contribution is 5.96. The lowest BCUT2D eigenvalue weighted by atomic mass is 10.0. The minimum atomic E-state index is -0.274. The van der Waals surface area contributed by atoms with Crippen molar-refractivity contribution >= 4 is 17.8 Å². The standard InChI is InChI=1S/C24H29NO7/c1-15(26)18-14-20(29-3)19(28-2)13-17(18)9-10-25-23(27)8-7-16-11-21(30-4)24(32-6)22(12-16)31-5/h7-8,11-14H,9-10H2,1-6H3,(H,25,27)/b8-7+. The first-order valence-electron chi connectivity index (χ1n) is 9.90. The van der Waals surface area contributed by atoms with Gasteiger partial charge in [-0.15, -0.1) is 0 Å². The molecule has 0 heterocycles. The minimum absolute atomic E-state index is 0.0884. The molecule has 2 rings (SSSR count). The van der Waals surface area contributed by atoms with E-state index in [0.717, 1.165) is 5.56 Å². The average molecular weight is 443 g/mol. The van der Waals surface area contributed by atoms with Gasteiger partial charge in [0.25, 0.3) is 0 Å². The first kappa shape index (κ1) is 24.6. The molecule has 0 saturated carbocycles. The van der Waals surface area contributed by atoms with Gasteiger partial charge in [0.15, 0.2) is 28.8 Å². The van der Waals surface area contributed by atoms with Gasteiger partial charge < -0.3 is 29.0 Å². The maximum absolute atomic E-state index is 12.3. The van der Waals surface area contributed by atoms with Gasteiger partial charge in [0.05, 0.1) is 35.5 Å². The van der Waals surface area contributed by atoms with E-state index in [2.05, 4.69) is 5.32 Å². The predicted molar refractivity (Wildman–Crippen MR) is 121 cm³/mol. The van der Waals surface area contributed by atoms with E-state index in [1.54, 1.807) is 30.3 Å². The van der Waals surface area contributed by atoms with Gasteiger partial charge in [-0.05, 0) is 54.8 Å². The van der Waals surface area contributed by atoms with Crippen molar-refractivity contribution in [3.05, 3.63) is 47.0 Å². The lowest BCUT2D eigenvalue weighted by Crippen LogP contribution is -2.24. The second-order valence-electron chi connectivity index (χ2n) is 6.75. The lowest BCUT2D eigenvalue weighted by Gasteiger charge is -2.14. The molecule has 2 aromatic rings. The Labute approximate surface area is 188 Å². The minimum Gasteiger partial charge on any atom is -0.493 e. The van der Waals surface area contributed by atoms with Gasteiger partial charge in [-0.1, -0.05) is 0 Å². The van der Waals surface area contributed by atoms with Crippen molar-refractivity contribution in [2.24, 2.45) is 0 Å². The average Bonchev–Trinajstić information content (AvgIpc) is 2.81. The summed E-state index contributed by atoms with van der Waals surface area (Å²) >= 11 is 0. The van der Waals surface area contributed by atoms with E-state index in [9.17, 15) is 9.59 Å². The Bertz CT molecular complexity index is 973. The van der Waals surface area contributed by atoms with Gasteiger partial charge in [-0.25, -0.2) is 0 Å². The van der Waals surface area contributed by atoms with Crippen molar-refractivity contribution in [3.63, 3.8) is 0 Å². The molecule has 1 N–H and O–H groups in total. The molecule has 0 aliphatic heterocycles. The van der Waals surface area contributed by atoms with Crippen LogP contribution in [0.15, 0.2) is 30.3 Å². The molecule has 0 saturated heterocycles. The molecule has 0 atom stereocenters. The highest BCUT2D eigenvalue weighted by Crippen LogP contribution is 2.38. The Morgan fingerprint density at radius 3 is 1.88 bits per heavy atom. The van der Waals surface area contributed by atoms with Crippen molar-refractivity contribution in [3.8, 4) is 28.7 Å². The van der Waals surface area contributed by atoms with E-state index in [0.29, 0.717) is 52.8 Å². The third kappa shape index (κ3) is 5.94. The Kier molecular flexibility index (Phi) is 8.95. The summed E-state index contributed by atoms with van der Waals surface area (Å²) in [5.74, 6) is 2.13. The van der Waals surface area contributed by atoms with Gasteiger partial charge in [-0.3, -0.25) is 9.59 Å². The number of methoxy groups -OCH3 is 5. The second kappa shape index (κ2) is 11.6. The van der Waals surface area contributed by atoms with Crippen LogP contribution in [0.5, 0.6) is 28.7 Å². The van der Waals surface area contributed by atoms with E-state index in [4.69, 9.17) is 23.7 Å². The van der Waals surface area contributed by atoms with Crippen molar-refractivity contribution in [1.82, 2.24) is 5.32 Å². The van der Waals surface area contributed by atoms with Crippen LogP contribution in [0.25, 0.3) is 6.08 Å². The molecule has 0 bridgehead atoms. The number of nitrogens with one attached hydrogen (secondary N) is 1. The molecule has 0 aromatic heterocycles. The molecule has 172 valence electrons. The van der Waals surface area contributed by atoms with E-state index >= 15 is 0 Å². The molecule has 0 radical (unpaired) electrons. The molecular weight excluding hydrogens is 414 g/mol. The summed E-state index contributed by atoms with van der Waals surface area (Å²) in [7, 11) is 7.63. The number of hydrogen-bond donors (Lipinski definition) is 1. The fraction of sp³-hybridized carbons (Fsp3) is 0.333. The van der Waals surface area contributed by atoms with E-state index in [-0.39, 0.29) is 11.7 Å². The molecule has 2 aromatic carbocycles. The molecule has 0 unspecified atom stereocenters. The lowest BCUT2D eigenvalue weighted by molar-refractivity contribution is -0.116. The first-order chi connectivity index (χ1) is 15.4. The predicted octanol–water partition coefficient (Wildman–Crippen LogP) is 3.30. The molecule has 0 spiro atoms. The summed E-state index contributed by atoms with van der Waals surface area (Å²) in [6.45, 7) is 1.83. The number of amides is 1. The second-order valence-corrected chi connectivity index (χ2v) is 6.75. The van der Waals surface area contributed by atoms with Crippen LogP contribution >= 0.6 is 0 Å². The fourth-order valence-electron chi connectivity index (χ4n) is 3.20. The molecule has 0 aliphatic rings. The van der Waals surface area contributed by atoms with Gasteiger partial charge in [0.2, 0.25) is 11.7 Å². The summed E-state index contributed by atoms with van der Waals surface area (Å²) < 4.78 is 26.5. The zero-order chi connectivity index (χ0) is 23.7. The molecular formula is C24H29NO7. The number of carbonyl (C=O) groups excluding carboxylic acids is 2. The summed E-state index contributed by atoms with van der Waals surface area (Å²) in [6, 6.07) is 6.90. The van der Waals surface area contributed by atoms with Crippen LogP contribution < -0.4 is 29.0 Å². The van der Waals surface area contributed by atoms with Crippen LogP contribution in [-0.2, 0) is 11.2 Å². The molecule has 8 heteroatoms. The smallest absolute Gasteiger partial charge is 0.244 e. The van der Waals surface area contributed by atoms with Crippen LogP contribution in [0.3, 0.4) is 0 Å². The van der Waals surface area contributed by atoms with E-state index < -0.39 is 0 Å². The van der Waals surface area contributed by atoms with E-state index in [1.165, 1.54) is 48.5 Å². The number of benzene rings is 2. The number of hydrogen-bond acceptors (Lipinski definition) is 7. The zero-order valence-electron chi connectivity index (χ0n) is 19.2. The number of ketones is 1. The number of rotatable bonds is 11. The summed E-state index contributed by atoms with van der Waals surface area (Å²) in [6.07, 6.45) is 3.53. The maximum Gasteiger partial charge on any atom is 0.244 e. The topological polar surface area (TPSA) is 92.3 Å².